The van der Waals surface area contributed by atoms with Crippen molar-refractivity contribution in [2.75, 3.05) is 44.7 Å². The summed E-state index contributed by atoms with van der Waals surface area (Å²) >= 11 is 5.90. The third-order valence-electron chi connectivity index (χ3n) is 5.78. The Labute approximate surface area is 187 Å². The van der Waals surface area contributed by atoms with E-state index in [1.807, 2.05) is 0 Å². The largest absolute Gasteiger partial charge is 0.466 e. The number of carbonyl (C=O) groups excluding carboxylic acids is 4. The molecule has 0 saturated carbocycles. The lowest BCUT2D eigenvalue weighted by molar-refractivity contribution is -0.152. The number of amides is 3. The summed E-state index contributed by atoms with van der Waals surface area (Å²) in [7, 11) is 1.53. The zero-order valence-corrected chi connectivity index (χ0v) is 18.6. The predicted molar refractivity (Wildman–Crippen MR) is 115 cm³/mol. The van der Waals surface area contributed by atoms with Crippen LogP contribution in [0.25, 0.3) is 0 Å². The van der Waals surface area contributed by atoms with Gasteiger partial charge in [0.2, 0.25) is 17.7 Å². The van der Waals surface area contributed by atoms with Crippen LogP contribution >= 0.6 is 11.6 Å². The van der Waals surface area contributed by atoms with Crippen LogP contribution < -0.4 is 4.90 Å². The number of halogens is 1. The average molecular weight is 450 g/mol. The highest BCUT2D eigenvalue weighted by atomic mass is 35.5. The highest BCUT2D eigenvalue weighted by Gasteiger charge is 2.39. The van der Waals surface area contributed by atoms with Crippen molar-refractivity contribution in [3.05, 3.63) is 29.3 Å². The number of rotatable bonds is 6. The van der Waals surface area contributed by atoms with Gasteiger partial charge in [-0.25, -0.2) is 0 Å². The van der Waals surface area contributed by atoms with Crippen LogP contribution in [0.2, 0.25) is 5.02 Å². The van der Waals surface area contributed by atoms with Gasteiger partial charge in [-0.1, -0.05) is 11.6 Å². The Bertz CT molecular complexity index is 844. The van der Waals surface area contributed by atoms with Crippen LogP contribution in [-0.2, 0) is 23.9 Å². The topological polar surface area (TPSA) is 87.2 Å². The maximum Gasteiger partial charge on any atom is 0.310 e. The average Bonchev–Trinajstić information content (AvgIpc) is 3.15. The molecule has 1 aromatic rings. The molecule has 0 aromatic heterocycles. The van der Waals surface area contributed by atoms with Gasteiger partial charge in [-0.3, -0.25) is 19.2 Å². The van der Waals surface area contributed by atoms with Gasteiger partial charge >= 0.3 is 5.97 Å². The van der Waals surface area contributed by atoms with Crippen molar-refractivity contribution in [2.45, 2.75) is 26.2 Å². The van der Waals surface area contributed by atoms with Crippen LogP contribution in [0.5, 0.6) is 0 Å². The first-order chi connectivity index (χ1) is 14.8. The molecule has 0 bridgehead atoms. The number of hydrogen-bond donors (Lipinski definition) is 0. The van der Waals surface area contributed by atoms with Crippen molar-refractivity contribution in [1.82, 2.24) is 9.80 Å². The standard InChI is InChI=1S/C22H28ClN3O5/c1-3-31-22(30)15-5-4-11-25(13-15)19(27)14-24(2)20(28)18-10-12-26(21(18)29)17-8-6-16(23)7-9-17/h6-9,15,18H,3-5,10-14H2,1-2H3. The number of benzene rings is 1. The van der Waals surface area contributed by atoms with E-state index in [0.29, 0.717) is 56.2 Å². The maximum absolute atomic E-state index is 12.9. The van der Waals surface area contributed by atoms with E-state index in [0.717, 1.165) is 0 Å². The van der Waals surface area contributed by atoms with E-state index in [-0.39, 0.29) is 36.2 Å². The Balaban J connectivity index is 1.56. The van der Waals surface area contributed by atoms with E-state index in [1.54, 1.807) is 41.0 Å². The highest BCUT2D eigenvalue weighted by molar-refractivity contribution is 6.30. The SMILES string of the molecule is CCOC(=O)C1CCCN(C(=O)CN(C)C(=O)C2CCN(c3ccc(Cl)cc3)C2=O)C1. The van der Waals surface area contributed by atoms with Gasteiger partial charge in [0.05, 0.1) is 19.1 Å². The molecule has 3 amide bonds. The number of anilines is 1. The zero-order chi connectivity index (χ0) is 22.5. The first kappa shape index (κ1) is 23.1. The van der Waals surface area contributed by atoms with Crippen LogP contribution in [0, 0.1) is 11.8 Å². The molecule has 2 saturated heterocycles. The van der Waals surface area contributed by atoms with Crippen molar-refractivity contribution in [3.8, 4) is 0 Å². The molecule has 2 heterocycles. The Morgan fingerprint density at radius 3 is 2.55 bits per heavy atom. The molecule has 0 radical (unpaired) electrons. The summed E-state index contributed by atoms with van der Waals surface area (Å²) < 4.78 is 5.07. The molecule has 31 heavy (non-hydrogen) atoms. The van der Waals surface area contributed by atoms with Crippen LogP contribution in [0.3, 0.4) is 0 Å². The molecule has 2 aliphatic heterocycles. The molecule has 1 aromatic carbocycles. The van der Waals surface area contributed by atoms with E-state index in [9.17, 15) is 19.2 Å². The fourth-order valence-electron chi connectivity index (χ4n) is 4.09. The van der Waals surface area contributed by atoms with Gasteiger partial charge in [-0.05, 0) is 50.5 Å². The molecule has 0 spiro atoms. The minimum absolute atomic E-state index is 0.126. The quantitative estimate of drug-likeness (QED) is 0.489. The van der Waals surface area contributed by atoms with Crippen molar-refractivity contribution in [1.29, 1.82) is 0 Å². The number of piperidine rings is 1. The third kappa shape index (κ3) is 5.36. The van der Waals surface area contributed by atoms with E-state index in [4.69, 9.17) is 16.3 Å². The lowest BCUT2D eigenvalue weighted by Crippen LogP contribution is -2.48. The second-order valence-corrected chi connectivity index (χ2v) is 8.37. The molecule has 0 N–H and O–H groups in total. The first-order valence-electron chi connectivity index (χ1n) is 10.6. The fourth-order valence-corrected chi connectivity index (χ4v) is 4.22. The number of likely N-dealkylation sites (N-methyl/N-ethyl adjacent to an activating group) is 1. The van der Waals surface area contributed by atoms with Gasteiger partial charge in [0, 0.05) is 37.4 Å². The number of carbonyl (C=O) groups is 4. The third-order valence-corrected chi connectivity index (χ3v) is 6.04. The van der Waals surface area contributed by atoms with Gasteiger partial charge in [-0.2, -0.15) is 0 Å². The minimum atomic E-state index is -0.804. The Kier molecular flexibility index (Phi) is 7.54. The fraction of sp³-hybridized carbons (Fsp3) is 0.545. The summed E-state index contributed by atoms with van der Waals surface area (Å²) in [6.45, 7) is 3.21. The normalized spacial score (nSPS) is 21.2. The van der Waals surface area contributed by atoms with Crippen molar-refractivity contribution in [2.24, 2.45) is 11.8 Å². The molecular weight excluding hydrogens is 422 g/mol. The Morgan fingerprint density at radius 1 is 1.16 bits per heavy atom. The summed E-state index contributed by atoms with van der Waals surface area (Å²) in [5.41, 5.74) is 0.696. The number of ether oxygens (including phenoxy) is 1. The van der Waals surface area contributed by atoms with Crippen LogP contribution in [-0.4, -0.2) is 73.3 Å². The highest BCUT2D eigenvalue weighted by Crippen LogP contribution is 2.27. The molecule has 0 aliphatic carbocycles. The maximum atomic E-state index is 12.9. The summed E-state index contributed by atoms with van der Waals surface area (Å²) in [5, 5.41) is 0.573. The van der Waals surface area contributed by atoms with Gasteiger partial charge < -0.3 is 19.4 Å². The summed E-state index contributed by atoms with van der Waals surface area (Å²) in [5.74, 6) is -2.29. The van der Waals surface area contributed by atoms with E-state index < -0.39 is 5.92 Å². The molecular formula is C22H28ClN3O5. The summed E-state index contributed by atoms with van der Waals surface area (Å²) in [6, 6.07) is 6.89. The predicted octanol–water partition coefficient (Wildman–Crippen LogP) is 1.95. The molecule has 8 nitrogen and oxygen atoms in total. The van der Waals surface area contributed by atoms with Gasteiger partial charge in [0.1, 0.15) is 5.92 Å². The lowest BCUT2D eigenvalue weighted by Gasteiger charge is -2.33. The second-order valence-electron chi connectivity index (χ2n) is 7.93. The molecule has 2 atom stereocenters. The van der Waals surface area contributed by atoms with Crippen molar-refractivity contribution in [3.63, 3.8) is 0 Å². The number of nitrogens with zero attached hydrogens (tertiary/aromatic N) is 3. The molecule has 2 unspecified atom stereocenters. The molecule has 9 heteroatoms. The smallest absolute Gasteiger partial charge is 0.310 e. The van der Waals surface area contributed by atoms with E-state index in [1.165, 1.54) is 11.9 Å². The first-order valence-corrected chi connectivity index (χ1v) is 11.0. The van der Waals surface area contributed by atoms with Crippen molar-refractivity contribution >= 4 is 41.0 Å². The van der Waals surface area contributed by atoms with Crippen LogP contribution in [0.4, 0.5) is 5.69 Å². The summed E-state index contributed by atoms with van der Waals surface area (Å²) in [6.07, 6.45) is 1.80. The Morgan fingerprint density at radius 2 is 1.87 bits per heavy atom. The minimum Gasteiger partial charge on any atom is -0.466 e. The number of likely N-dealkylation sites (tertiary alicyclic amines) is 1. The number of esters is 1. The van der Waals surface area contributed by atoms with Crippen LogP contribution in [0.15, 0.2) is 24.3 Å². The molecule has 2 fully saturated rings. The molecule has 2 aliphatic rings. The lowest BCUT2D eigenvalue weighted by atomic mass is 9.98. The van der Waals surface area contributed by atoms with Gasteiger partial charge in [-0.15, -0.1) is 0 Å². The van der Waals surface area contributed by atoms with Gasteiger partial charge in [0.15, 0.2) is 0 Å². The monoisotopic (exact) mass is 449 g/mol. The van der Waals surface area contributed by atoms with E-state index in [2.05, 4.69) is 0 Å². The second kappa shape index (κ2) is 10.1. The zero-order valence-electron chi connectivity index (χ0n) is 17.9. The Hall–Kier alpha value is -2.61. The summed E-state index contributed by atoms with van der Waals surface area (Å²) in [4.78, 5) is 54.9. The van der Waals surface area contributed by atoms with Crippen molar-refractivity contribution < 1.29 is 23.9 Å². The van der Waals surface area contributed by atoms with E-state index >= 15 is 0 Å². The van der Waals surface area contributed by atoms with Gasteiger partial charge in [0.25, 0.3) is 0 Å². The molecule has 168 valence electrons. The van der Waals surface area contributed by atoms with Crippen LogP contribution in [0.1, 0.15) is 26.2 Å². The number of hydrogen-bond acceptors (Lipinski definition) is 5. The molecule has 3 rings (SSSR count).